The maximum Gasteiger partial charge on any atom is 0.0909 e. The van der Waals surface area contributed by atoms with E-state index in [9.17, 15) is 0 Å². The molecule has 0 radical (unpaired) electrons. The SMILES string of the molecule is OCCCN1CCN(c2cccs2)CC1. The lowest BCUT2D eigenvalue weighted by Gasteiger charge is -2.35. The van der Waals surface area contributed by atoms with Gasteiger partial charge in [0.05, 0.1) is 5.00 Å². The third-order valence-corrected chi connectivity index (χ3v) is 3.75. The molecule has 1 aliphatic rings. The first-order valence-electron chi connectivity index (χ1n) is 5.52. The van der Waals surface area contributed by atoms with Crippen LogP contribution in [0.3, 0.4) is 0 Å². The van der Waals surface area contributed by atoms with Crippen LogP contribution < -0.4 is 4.90 Å². The molecule has 0 aliphatic carbocycles. The minimum absolute atomic E-state index is 0.311. The van der Waals surface area contributed by atoms with Gasteiger partial charge in [0.25, 0.3) is 0 Å². The average molecular weight is 226 g/mol. The molecule has 1 aromatic rings. The maximum absolute atomic E-state index is 8.76. The van der Waals surface area contributed by atoms with Crippen LogP contribution in [0.1, 0.15) is 6.42 Å². The molecule has 1 aromatic heterocycles. The fourth-order valence-corrected chi connectivity index (χ4v) is 2.72. The molecule has 84 valence electrons. The van der Waals surface area contributed by atoms with Gasteiger partial charge in [-0.3, -0.25) is 4.90 Å². The third kappa shape index (κ3) is 2.93. The number of hydrogen-bond acceptors (Lipinski definition) is 4. The zero-order valence-corrected chi connectivity index (χ0v) is 9.75. The average Bonchev–Trinajstić information content (AvgIpc) is 2.80. The highest BCUT2D eigenvalue weighted by Crippen LogP contribution is 2.22. The van der Waals surface area contributed by atoms with Gasteiger partial charge in [-0.15, -0.1) is 11.3 Å². The zero-order valence-electron chi connectivity index (χ0n) is 8.93. The molecule has 1 N–H and O–H groups in total. The van der Waals surface area contributed by atoms with Crippen LogP contribution in [0.25, 0.3) is 0 Å². The molecule has 0 saturated carbocycles. The fourth-order valence-electron chi connectivity index (χ4n) is 1.94. The molecule has 4 heteroatoms. The minimum Gasteiger partial charge on any atom is -0.396 e. The highest BCUT2D eigenvalue weighted by atomic mass is 32.1. The standard InChI is InChI=1S/C11H18N2OS/c14-9-2-4-12-5-7-13(8-6-12)11-3-1-10-15-11/h1,3,10,14H,2,4-9H2. The van der Waals surface area contributed by atoms with Gasteiger partial charge in [-0.2, -0.15) is 0 Å². The van der Waals surface area contributed by atoms with Gasteiger partial charge in [0.2, 0.25) is 0 Å². The van der Waals surface area contributed by atoms with Crippen molar-refractivity contribution >= 4 is 16.3 Å². The molecule has 0 atom stereocenters. The van der Waals surface area contributed by atoms with E-state index in [1.165, 1.54) is 5.00 Å². The van der Waals surface area contributed by atoms with E-state index in [0.717, 1.165) is 39.1 Å². The molecule has 15 heavy (non-hydrogen) atoms. The van der Waals surface area contributed by atoms with Crippen molar-refractivity contribution in [3.05, 3.63) is 17.5 Å². The highest BCUT2D eigenvalue weighted by molar-refractivity contribution is 7.14. The number of aliphatic hydroxyl groups excluding tert-OH is 1. The molecule has 0 bridgehead atoms. The van der Waals surface area contributed by atoms with E-state index >= 15 is 0 Å². The predicted molar refractivity (Wildman–Crippen MR) is 64.7 cm³/mol. The summed E-state index contributed by atoms with van der Waals surface area (Å²) in [5.41, 5.74) is 0. The van der Waals surface area contributed by atoms with Crippen LogP contribution in [-0.4, -0.2) is 49.3 Å². The van der Waals surface area contributed by atoms with Crippen LogP contribution in [0, 0.1) is 0 Å². The second kappa shape index (κ2) is 5.49. The first-order valence-corrected chi connectivity index (χ1v) is 6.40. The van der Waals surface area contributed by atoms with Crippen molar-refractivity contribution in [2.75, 3.05) is 44.2 Å². The third-order valence-electron chi connectivity index (χ3n) is 2.82. The fraction of sp³-hybridized carbons (Fsp3) is 0.636. The van der Waals surface area contributed by atoms with Crippen LogP contribution in [-0.2, 0) is 0 Å². The Morgan fingerprint density at radius 2 is 2.07 bits per heavy atom. The van der Waals surface area contributed by atoms with E-state index in [1.807, 2.05) is 11.3 Å². The molecular weight excluding hydrogens is 208 g/mol. The number of piperazine rings is 1. The molecule has 0 unspecified atom stereocenters. The van der Waals surface area contributed by atoms with Crippen LogP contribution in [0.15, 0.2) is 17.5 Å². The van der Waals surface area contributed by atoms with E-state index in [4.69, 9.17) is 5.11 Å². The summed E-state index contributed by atoms with van der Waals surface area (Å²) in [5, 5.41) is 12.3. The number of aliphatic hydroxyl groups is 1. The van der Waals surface area contributed by atoms with E-state index < -0.39 is 0 Å². The van der Waals surface area contributed by atoms with E-state index in [-0.39, 0.29) is 0 Å². The Balaban J connectivity index is 1.77. The molecular formula is C11H18N2OS. The van der Waals surface area contributed by atoms with Crippen molar-refractivity contribution < 1.29 is 5.11 Å². The molecule has 0 spiro atoms. The Morgan fingerprint density at radius 3 is 2.67 bits per heavy atom. The number of hydrogen-bond donors (Lipinski definition) is 1. The summed E-state index contributed by atoms with van der Waals surface area (Å²) in [5.74, 6) is 0. The summed E-state index contributed by atoms with van der Waals surface area (Å²) in [7, 11) is 0. The first-order chi connectivity index (χ1) is 7.40. The molecule has 1 aliphatic heterocycles. The Bertz CT molecular complexity index is 268. The Hall–Kier alpha value is -0.580. The Morgan fingerprint density at radius 1 is 1.27 bits per heavy atom. The molecule has 0 amide bonds. The summed E-state index contributed by atoms with van der Waals surface area (Å²) in [6.45, 7) is 5.83. The van der Waals surface area contributed by atoms with Gasteiger partial charge in [-0.05, 0) is 23.9 Å². The van der Waals surface area contributed by atoms with Gasteiger partial charge in [0.1, 0.15) is 0 Å². The van der Waals surface area contributed by atoms with Gasteiger partial charge in [0.15, 0.2) is 0 Å². The molecule has 1 saturated heterocycles. The van der Waals surface area contributed by atoms with Crippen LogP contribution in [0.4, 0.5) is 5.00 Å². The second-order valence-electron chi connectivity index (χ2n) is 3.86. The van der Waals surface area contributed by atoms with Crippen LogP contribution >= 0.6 is 11.3 Å². The van der Waals surface area contributed by atoms with E-state index in [2.05, 4.69) is 27.3 Å². The largest absolute Gasteiger partial charge is 0.396 e. The maximum atomic E-state index is 8.76. The van der Waals surface area contributed by atoms with Crippen molar-refractivity contribution in [2.45, 2.75) is 6.42 Å². The van der Waals surface area contributed by atoms with Crippen LogP contribution in [0.2, 0.25) is 0 Å². The van der Waals surface area contributed by atoms with E-state index in [1.54, 1.807) is 0 Å². The topological polar surface area (TPSA) is 26.7 Å². The van der Waals surface area contributed by atoms with Gasteiger partial charge >= 0.3 is 0 Å². The van der Waals surface area contributed by atoms with Gasteiger partial charge < -0.3 is 10.0 Å². The smallest absolute Gasteiger partial charge is 0.0909 e. The summed E-state index contributed by atoms with van der Waals surface area (Å²) in [4.78, 5) is 4.88. The molecule has 2 rings (SSSR count). The number of anilines is 1. The lowest BCUT2D eigenvalue weighted by atomic mass is 10.3. The van der Waals surface area contributed by atoms with Crippen molar-refractivity contribution in [3.63, 3.8) is 0 Å². The molecule has 0 aromatic carbocycles. The summed E-state index contributed by atoms with van der Waals surface area (Å²) in [6.07, 6.45) is 0.902. The summed E-state index contributed by atoms with van der Waals surface area (Å²) < 4.78 is 0. The van der Waals surface area contributed by atoms with Gasteiger partial charge in [0, 0.05) is 39.3 Å². The Labute approximate surface area is 94.9 Å². The van der Waals surface area contributed by atoms with Crippen molar-refractivity contribution in [1.82, 2.24) is 4.90 Å². The monoisotopic (exact) mass is 226 g/mol. The molecule has 2 heterocycles. The number of thiophene rings is 1. The predicted octanol–water partition coefficient (Wildman–Crippen LogP) is 1.25. The summed E-state index contributed by atoms with van der Waals surface area (Å²) >= 11 is 1.82. The molecule has 1 fully saturated rings. The van der Waals surface area contributed by atoms with Gasteiger partial charge in [-0.1, -0.05) is 0 Å². The normalized spacial score (nSPS) is 18.3. The minimum atomic E-state index is 0.311. The number of nitrogens with zero attached hydrogens (tertiary/aromatic N) is 2. The van der Waals surface area contributed by atoms with Crippen LogP contribution in [0.5, 0.6) is 0 Å². The lowest BCUT2D eigenvalue weighted by Crippen LogP contribution is -2.46. The van der Waals surface area contributed by atoms with Crippen molar-refractivity contribution in [2.24, 2.45) is 0 Å². The molecule has 3 nitrogen and oxygen atoms in total. The zero-order chi connectivity index (χ0) is 10.5. The number of rotatable bonds is 4. The van der Waals surface area contributed by atoms with Crippen molar-refractivity contribution in [1.29, 1.82) is 0 Å². The lowest BCUT2D eigenvalue weighted by molar-refractivity contribution is 0.216. The first kappa shape index (κ1) is 10.9. The summed E-state index contributed by atoms with van der Waals surface area (Å²) in [6, 6.07) is 4.30. The quantitative estimate of drug-likeness (QED) is 0.837. The highest BCUT2D eigenvalue weighted by Gasteiger charge is 2.16. The second-order valence-corrected chi connectivity index (χ2v) is 4.78. The van der Waals surface area contributed by atoms with Crippen molar-refractivity contribution in [3.8, 4) is 0 Å². The van der Waals surface area contributed by atoms with Gasteiger partial charge in [-0.25, -0.2) is 0 Å². The Kier molecular flexibility index (Phi) is 4.00. The van der Waals surface area contributed by atoms with E-state index in [0.29, 0.717) is 6.61 Å².